The highest BCUT2D eigenvalue weighted by atomic mass is 16.7. The summed E-state index contributed by atoms with van der Waals surface area (Å²) in [5.74, 6) is -7.10. The molecule has 14 nitrogen and oxygen atoms in total. The molecule has 4 aliphatic carbocycles. The van der Waals surface area contributed by atoms with Crippen LogP contribution >= 0.6 is 0 Å². The number of fused-ring (bicyclic) bond motifs is 5. The molecular weight excluding hydrogens is 738 g/mol. The highest BCUT2D eigenvalue weighted by Gasteiger charge is 2.87. The summed E-state index contributed by atoms with van der Waals surface area (Å²) in [5.41, 5.74) is -5.47. The number of piperidine rings is 2. The predicted octanol–water partition coefficient (Wildman–Crippen LogP) is 3.24. The molecule has 4 N–H and O–H groups in total. The number of benzene rings is 1. The number of rotatable bonds is 8. The van der Waals surface area contributed by atoms with Gasteiger partial charge in [0.2, 0.25) is 5.79 Å². The summed E-state index contributed by atoms with van der Waals surface area (Å²) in [4.78, 5) is 42.8. The molecule has 1 unspecified atom stereocenters. The monoisotopic (exact) mass is 799 g/mol. The van der Waals surface area contributed by atoms with Gasteiger partial charge >= 0.3 is 17.9 Å². The molecule has 17 atom stereocenters. The summed E-state index contributed by atoms with van der Waals surface area (Å²) in [7, 11) is 2.95. The molecule has 57 heavy (non-hydrogen) atoms. The van der Waals surface area contributed by atoms with Crippen LogP contribution in [0.1, 0.15) is 96.8 Å². The van der Waals surface area contributed by atoms with Crippen LogP contribution < -0.4 is 9.47 Å². The molecule has 7 fully saturated rings. The Bertz CT molecular complexity index is 1790. The number of carbonyl (C=O) groups excluding carboxylic acids is 3. The van der Waals surface area contributed by atoms with Gasteiger partial charge in [-0.2, -0.15) is 0 Å². The zero-order valence-corrected chi connectivity index (χ0v) is 34.4. The van der Waals surface area contributed by atoms with Crippen molar-refractivity contribution in [2.75, 3.05) is 27.3 Å². The number of ether oxygens (including phenoxy) is 6. The molecular formula is C43H61NO13. The van der Waals surface area contributed by atoms with E-state index in [9.17, 15) is 34.8 Å². The summed E-state index contributed by atoms with van der Waals surface area (Å²) in [6, 6.07) is 4.40. The standard InChI is InChI=1S/C43H61NO13/c1-9-22(3)37(47)56-36-34(46)33-25(20-44-19-21(2)10-13-31(44)40(33,6)49)26-18-41-35(42(26,36)50)29(54-23(4)45)17-30-39(41,5)15-14-32(43(30,51)57-41)55-38(48)24-11-12-27(52-7)28(16-24)53-8/h11-12,16,21-22,25-26,29-36,46,49-51H,9-10,13-15,17-20H2,1-8H3/t21-,22?,25-,26-,29+,30-,31-,32-,33+,34+,35+,36-,39-,40+,41+,42-,43-/m0/s1. The predicted molar refractivity (Wildman–Crippen MR) is 202 cm³/mol. The van der Waals surface area contributed by atoms with E-state index in [-0.39, 0.29) is 30.9 Å². The smallest absolute Gasteiger partial charge is 0.338 e. The van der Waals surface area contributed by atoms with Crippen LogP contribution in [-0.2, 0) is 28.5 Å². The summed E-state index contributed by atoms with van der Waals surface area (Å²) < 4.78 is 36.4. The van der Waals surface area contributed by atoms with E-state index in [0.29, 0.717) is 36.8 Å². The van der Waals surface area contributed by atoms with E-state index in [2.05, 4.69) is 11.8 Å². The maximum Gasteiger partial charge on any atom is 0.338 e. The average molecular weight is 800 g/mol. The average Bonchev–Trinajstić information content (AvgIpc) is 3.44. The van der Waals surface area contributed by atoms with E-state index in [0.717, 1.165) is 19.4 Å². The van der Waals surface area contributed by atoms with Crippen molar-refractivity contribution < 1.29 is 63.2 Å². The van der Waals surface area contributed by atoms with Gasteiger partial charge in [-0.25, -0.2) is 4.79 Å². The van der Waals surface area contributed by atoms with E-state index in [1.807, 2.05) is 13.8 Å². The number of aliphatic hydroxyl groups is 4. The van der Waals surface area contributed by atoms with E-state index < -0.39 is 106 Å². The maximum atomic E-state index is 13.8. The van der Waals surface area contributed by atoms with Gasteiger partial charge in [-0.1, -0.05) is 27.7 Å². The van der Waals surface area contributed by atoms with Gasteiger partial charge in [0, 0.05) is 43.3 Å². The zero-order chi connectivity index (χ0) is 41.2. The number of methoxy groups -OCH3 is 2. The van der Waals surface area contributed by atoms with Crippen LogP contribution in [0, 0.1) is 46.8 Å². The molecule has 3 saturated heterocycles. The third kappa shape index (κ3) is 5.59. The fraction of sp³-hybridized carbons (Fsp3) is 0.791. The van der Waals surface area contributed by atoms with Crippen molar-refractivity contribution in [3.05, 3.63) is 23.8 Å². The molecule has 1 aromatic rings. The molecule has 4 bridgehead atoms. The van der Waals surface area contributed by atoms with Crippen LogP contribution in [0.2, 0.25) is 0 Å². The van der Waals surface area contributed by atoms with Gasteiger partial charge in [0.25, 0.3) is 0 Å². The molecule has 1 spiro atoms. The number of carbonyl (C=O) groups is 3. The van der Waals surface area contributed by atoms with E-state index in [1.54, 1.807) is 26.0 Å². The topological polar surface area (TPSA) is 191 Å². The maximum absolute atomic E-state index is 13.8. The molecule has 0 aromatic heterocycles. The largest absolute Gasteiger partial charge is 0.493 e. The molecule has 0 radical (unpaired) electrons. The zero-order valence-electron chi connectivity index (χ0n) is 34.4. The first-order valence-corrected chi connectivity index (χ1v) is 20.9. The van der Waals surface area contributed by atoms with Gasteiger partial charge in [0.1, 0.15) is 11.7 Å². The number of aliphatic hydroxyl groups excluding tert-OH is 1. The fourth-order valence-corrected chi connectivity index (χ4v) is 13.5. The number of nitrogens with zero attached hydrogens (tertiary/aromatic N) is 1. The van der Waals surface area contributed by atoms with Crippen molar-refractivity contribution >= 4 is 17.9 Å². The van der Waals surface area contributed by atoms with E-state index in [1.165, 1.54) is 27.2 Å². The van der Waals surface area contributed by atoms with Gasteiger partial charge in [0.05, 0.1) is 48.9 Å². The molecule has 7 aliphatic rings. The van der Waals surface area contributed by atoms with Crippen LogP contribution in [0.25, 0.3) is 0 Å². The number of esters is 3. The van der Waals surface area contributed by atoms with Crippen molar-refractivity contribution in [1.82, 2.24) is 4.90 Å². The minimum absolute atomic E-state index is 0.0537. The molecule has 0 amide bonds. The van der Waals surface area contributed by atoms with Crippen molar-refractivity contribution in [3.8, 4) is 11.5 Å². The van der Waals surface area contributed by atoms with Crippen LogP contribution in [0.5, 0.6) is 11.5 Å². The molecule has 1 aromatic carbocycles. The number of hydrogen-bond donors (Lipinski definition) is 4. The molecule has 3 aliphatic heterocycles. The van der Waals surface area contributed by atoms with Crippen molar-refractivity contribution in [2.45, 2.75) is 140 Å². The van der Waals surface area contributed by atoms with Crippen LogP contribution in [-0.4, -0.2) is 124 Å². The Morgan fingerprint density at radius 3 is 2.39 bits per heavy atom. The fourth-order valence-electron chi connectivity index (χ4n) is 13.5. The van der Waals surface area contributed by atoms with Crippen LogP contribution in [0.15, 0.2) is 18.2 Å². The lowest BCUT2D eigenvalue weighted by atomic mass is 9.49. The summed E-state index contributed by atoms with van der Waals surface area (Å²) in [6.45, 7) is 12.0. The third-order valence-electron chi connectivity index (χ3n) is 16.2. The summed E-state index contributed by atoms with van der Waals surface area (Å²) >= 11 is 0. The van der Waals surface area contributed by atoms with Gasteiger partial charge in [-0.05, 0) is 87.8 Å². The van der Waals surface area contributed by atoms with Crippen molar-refractivity contribution in [1.29, 1.82) is 0 Å². The Morgan fingerprint density at radius 1 is 1.00 bits per heavy atom. The second kappa shape index (κ2) is 13.8. The minimum Gasteiger partial charge on any atom is -0.493 e. The molecule has 8 rings (SSSR count). The first-order chi connectivity index (χ1) is 26.8. The second-order valence-corrected chi connectivity index (χ2v) is 19.0. The lowest BCUT2D eigenvalue weighted by Crippen LogP contribution is -2.77. The Hall–Kier alpha value is -3.01. The Labute approximate surface area is 334 Å². The quantitative estimate of drug-likeness (QED) is 0.222. The normalized spacial score (nSPS) is 47.3. The SMILES string of the molecule is CCC(C)C(=O)O[C@H]1[C@H](O)[C@H]2[C@@H](CN3C[C@@H](C)CC[C@H]3[C@@]2(C)O)[C@@H]2C[C@]34O[C@]5(O)[C@@H](OC(=O)c6ccc(OC)c(OC)c6)CC[C@@]3(C)[C@@H]5C[C@@H](OC(C)=O)[C@H]4[C@@]21O. The lowest BCUT2D eigenvalue weighted by Gasteiger charge is -2.64. The minimum atomic E-state index is -2.05. The van der Waals surface area contributed by atoms with E-state index in [4.69, 9.17) is 28.4 Å². The molecule has 4 saturated carbocycles. The second-order valence-electron chi connectivity index (χ2n) is 19.0. The molecule has 14 heteroatoms. The van der Waals surface area contributed by atoms with Gasteiger partial charge in [0.15, 0.2) is 23.7 Å². The first kappa shape index (κ1) is 40.8. The van der Waals surface area contributed by atoms with Crippen LogP contribution in [0.3, 0.4) is 0 Å². The van der Waals surface area contributed by atoms with Gasteiger partial charge < -0.3 is 48.8 Å². The Kier molecular flexibility index (Phi) is 9.85. The molecule has 3 heterocycles. The van der Waals surface area contributed by atoms with E-state index >= 15 is 0 Å². The highest BCUT2D eigenvalue weighted by Crippen LogP contribution is 2.77. The summed E-state index contributed by atoms with van der Waals surface area (Å²) in [5, 5.41) is 51.9. The lowest BCUT2D eigenvalue weighted by molar-refractivity contribution is -0.299. The van der Waals surface area contributed by atoms with Gasteiger partial charge in [-0.3, -0.25) is 14.5 Å². The Morgan fingerprint density at radius 2 is 1.72 bits per heavy atom. The van der Waals surface area contributed by atoms with Gasteiger partial charge in [-0.15, -0.1) is 0 Å². The highest BCUT2D eigenvalue weighted by molar-refractivity contribution is 5.90. The third-order valence-corrected chi connectivity index (χ3v) is 16.2. The van der Waals surface area contributed by atoms with Crippen molar-refractivity contribution in [2.24, 2.45) is 46.8 Å². The Balaban J connectivity index is 1.24. The number of hydrogen-bond acceptors (Lipinski definition) is 14. The van der Waals surface area contributed by atoms with Crippen molar-refractivity contribution in [3.63, 3.8) is 0 Å². The summed E-state index contributed by atoms with van der Waals surface area (Å²) in [6.07, 6.45) is -2.14. The molecule has 316 valence electrons. The van der Waals surface area contributed by atoms with Crippen LogP contribution in [0.4, 0.5) is 0 Å². The first-order valence-electron chi connectivity index (χ1n) is 20.9.